The highest BCUT2D eigenvalue weighted by Crippen LogP contribution is 2.41. The minimum atomic E-state index is -3.55. The number of rotatable bonds is 26. The number of halogens is 2. The van der Waals surface area contributed by atoms with Gasteiger partial charge in [-0.25, -0.2) is 22.0 Å². The molecule has 3 rings (SSSR count). The molecule has 0 fully saturated rings. The maximum Gasteiger partial charge on any atom is 0.407 e. The highest BCUT2D eigenvalue weighted by molar-refractivity contribution is 8.00. The molecule has 378 valence electrons. The number of hydrogen-bond acceptors (Lipinski definition) is 11. The Morgan fingerprint density at radius 1 is 0.912 bits per heavy atom. The molecule has 0 saturated carbocycles. The van der Waals surface area contributed by atoms with Crippen molar-refractivity contribution in [2.75, 3.05) is 55.8 Å². The van der Waals surface area contributed by atoms with Crippen LogP contribution >= 0.6 is 11.8 Å². The molecule has 1 aromatic heterocycles. The smallest absolute Gasteiger partial charge is 0.407 e. The van der Waals surface area contributed by atoms with Crippen LogP contribution in [0.1, 0.15) is 78.1 Å². The van der Waals surface area contributed by atoms with E-state index in [-0.39, 0.29) is 73.5 Å². The van der Waals surface area contributed by atoms with Crippen molar-refractivity contribution in [2.24, 2.45) is 11.1 Å². The van der Waals surface area contributed by atoms with Crippen LogP contribution in [0.15, 0.2) is 60.8 Å². The second kappa shape index (κ2) is 26.3. The molecule has 0 spiro atoms. The fraction of sp³-hybridized carbons (Fsp3) is 0.562. The van der Waals surface area contributed by atoms with Gasteiger partial charge in [-0.05, 0) is 68.5 Å². The van der Waals surface area contributed by atoms with Gasteiger partial charge in [0, 0.05) is 76.0 Å². The van der Waals surface area contributed by atoms with Crippen LogP contribution in [0.4, 0.5) is 13.6 Å². The molecule has 0 radical (unpaired) electrons. The summed E-state index contributed by atoms with van der Waals surface area (Å²) in [5.41, 5.74) is 5.98. The normalized spacial score (nSPS) is 13.0. The molecule has 0 saturated heterocycles. The number of aromatic nitrogens is 1. The van der Waals surface area contributed by atoms with E-state index in [0.717, 1.165) is 41.6 Å². The molecule has 0 unspecified atom stereocenters. The summed E-state index contributed by atoms with van der Waals surface area (Å²) in [7, 11) is -5.00. The number of ether oxygens (including phenoxy) is 2. The minimum Gasteiger partial charge on any atom is -0.460 e. The predicted octanol–water partition coefficient (Wildman–Crippen LogP) is 6.68. The van der Waals surface area contributed by atoms with E-state index in [1.165, 1.54) is 0 Å². The number of thioether (sulfide) groups is 1. The molecular formula is C48H72F2N6O9S2Si. The van der Waals surface area contributed by atoms with E-state index in [4.69, 9.17) is 15.2 Å². The van der Waals surface area contributed by atoms with E-state index in [1.54, 1.807) is 37.9 Å². The van der Waals surface area contributed by atoms with Gasteiger partial charge in [-0.15, -0.1) is 11.8 Å². The monoisotopic (exact) mass is 1010 g/mol. The van der Waals surface area contributed by atoms with Crippen molar-refractivity contribution < 1.29 is 50.6 Å². The lowest BCUT2D eigenvalue weighted by atomic mass is 9.83. The summed E-state index contributed by atoms with van der Waals surface area (Å²) in [5.74, 6) is -4.48. The van der Waals surface area contributed by atoms with Gasteiger partial charge in [0.2, 0.25) is 17.7 Å². The number of nitrogens with two attached hydrogens (primary N) is 1. The Morgan fingerprint density at radius 3 is 2.24 bits per heavy atom. The second-order valence-electron chi connectivity index (χ2n) is 19.9. The van der Waals surface area contributed by atoms with Crippen LogP contribution in [0, 0.1) is 17.0 Å². The van der Waals surface area contributed by atoms with Gasteiger partial charge in [0.05, 0.1) is 36.3 Å². The standard InChI is InChI=1S/C48H72F2N6O9S2Si/c1-47(2,3)44(40-28-35(37-29-36(49)16-17-38(37)50)31-55(40)30-34-14-11-10-12-15-34)56(23-13-21-53-46(61)64-24-27-68(7,8)9)42(58)33-66-32-39(45(60)52-22-26-67(62,63)25-20-51)54-41(57)18-19-43(59)65-48(4,5)6/h10-12,14-17,28-29,31,39,44H,13,18-27,30,32-33,51H2,1-9H3,(H,52,60)(H,53,61)(H,54,57)/t39-,44-/m0/s1. The van der Waals surface area contributed by atoms with Crippen molar-refractivity contribution in [1.29, 1.82) is 0 Å². The van der Waals surface area contributed by atoms with Crippen molar-refractivity contribution in [3.8, 4) is 11.1 Å². The van der Waals surface area contributed by atoms with Gasteiger partial charge in [-0.1, -0.05) is 70.7 Å². The fourth-order valence-electron chi connectivity index (χ4n) is 7.09. The van der Waals surface area contributed by atoms with Crippen LogP contribution in [-0.2, 0) is 45.0 Å². The Hall–Kier alpha value is -4.79. The fourth-order valence-corrected chi connectivity index (χ4v) is 9.71. The zero-order valence-corrected chi connectivity index (χ0v) is 43.7. The van der Waals surface area contributed by atoms with Crippen LogP contribution in [0.2, 0.25) is 25.7 Å². The van der Waals surface area contributed by atoms with Crippen LogP contribution in [-0.4, -0.2) is 123 Å². The van der Waals surface area contributed by atoms with Crippen molar-refractivity contribution in [2.45, 2.75) is 111 Å². The molecule has 0 aliphatic heterocycles. The third-order valence-corrected chi connectivity index (χ3v) is 14.7. The summed E-state index contributed by atoms with van der Waals surface area (Å²) in [6, 6.07) is 13.4. The summed E-state index contributed by atoms with van der Waals surface area (Å²) in [5, 5.41) is 7.98. The van der Waals surface area contributed by atoms with E-state index in [2.05, 4.69) is 35.6 Å². The van der Waals surface area contributed by atoms with E-state index < -0.39 is 76.5 Å². The number of carbonyl (C=O) groups is 5. The molecule has 0 aliphatic rings. The Balaban J connectivity index is 1.99. The van der Waals surface area contributed by atoms with Crippen molar-refractivity contribution in [3.63, 3.8) is 0 Å². The van der Waals surface area contributed by atoms with Crippen molar-refractivity contribution in [3.05, 3.63) is 83.7 Å². The number of esters is 1. The summed E-state index contributed by atoms with van der Waals surface area (Å²) in [6.07, 6.45) is 0.927. The average molecular weight is 1010 g/mol. The molecule has 15 nitrogen and oxygen atoms in total. The van der Waals surface area contributed by atoms with Crippen LogP contribution in [0.25, 0.3) is 11.1 Å². The van der Waals surface area contributed by atoms with E-state index in [1.807, 2.05) is 55.7 Å². The highest BCUT2D eigenvalue weighted by Gasteiger charge is 2.37. The zero-order valence-electron chi connectivity index (χ0n) is 41.0. The number of alkyl carbamates (subject to hydrolysis) is 1. The third kappa shape index (κ3) is 20.8. The van der Waals surface area contributed by atoms with Gasteiger partial charge in [-0.2, -0.15) is 0 Å². The Morgan fingerprint density at radius 2 is 1.60 bits per heavy atom. The third-order valence-electron chi connectivity index (χ3n) is 10.3. The number of nitrogens with zero attached hydrogens (tertiary/aromatic N) is 2. The van der Waals surface area contributed by atoms with Crippen LogP contribution in [0.3, 0.4) is 0 Å². The summed E-state index contributed by atoms with van der Waals surface area (Å²) < 4.78 is 67.3. The van der Waals surface area contributed by atoms with Gasteiger partial charge in [0.15, 0.2) is 9.84 Å². The Labute approximate surface area is 406 Å². The van der Waals surface area contributed by atoms with Crippen molar-refractivity contribution in [1.82, 2.24) is 25.4 Å². The quantitative estimate of drug-likeness (QED) is 0.0379. The predicted molar refractivity (Wildman–Crippen MR) is 266 cm³/mol. The molecule has 1 heterocycles. The topological polar surface area (TPSA) is 208 Å². The van der Waals surface area contributed by atoms with E-state index in [0.29, 0.717) is 30.8 Å². The average Bonchev–Trinajstić information content (AvgIpc) is 3.62. The largest absolute Gasteiger partial charge is 0.460 e. The maximum atomic E-state index is 15.4. The lowest BCUT2D eigenvalue weighted by molar-refractivity contribution is -0.155. The molecule has 0 aliphatic carbocycles. The first-order valence-electron chi connectivity index (χ1n) is 22.8. The minimum absolute atomic E-state index is 0.0467. The number of amides is 4. The molecule has 4 amide bonds. The lowest BCUT2D eigenvalue weighted by Gasteiger charge is -2.41. The molecular weight excluding hydrogens is 935 g/mol. The second-order valence-corrected chi connectivity index (χ2v) is 28.9. The van der Waals surface area contributed by atoms with Crippen LogP contribution in [0.5, 0.6) is 0 Å². The molecule has 2 atom stereocenters. The van der Waals surface area contributed by atoms with Crippen LogP contribution < -0.4 is 21.7 Å². The summed E-state index contributed by atoms with van der Waals surface area (Å²) >= 11 is 1.06. The van der Waals surface area contributed by atoms with Crippen molar-refractivity contribution >= 4 is 59.5 Å². The summed E-state index contributed by atoms with van der Waals surface area (Å²) in [4.78, 5) is 68.2. The summed E-state index contributed by atoms with van der Waals surface area (Å²) in [6.45, 7) is 18.1. The molecule has 5 N–H and O–H groups in total. The van der Waals surface area contributed by atoms with Gasteiger partial charge in [-0.3, -0.25) is 19.2 Å². The van der Waals surface area contributed by atoms with Gasteiger partial charge in [0.1, 0.15) is 23.3 Å². The number of carbonyl (C=O) groups excluding carboxylic acids is 5. The van der Waals surface area contributed by atoms with E-state index in [9.17, 15) is 36.8 Å². The molecule has 0 bridgehead atoms. The SMILES string of the molecule is CC(C)(C)OC(=O)CCC(=O)N[C@@H](CSCC(=O)N(CCCNC(=O)OCC[Si](C)(C)C)[C@@H](c1cc(-c2cc(F)ccc2F)cn1Cc1ccccc1)C(C)(C)C)C(=O)NCCS(=O)(=O)CCN. The number of nitrogens with one attached hydrogen (secondary N) is 3. The van der Waals surface area contributed by atoms with Gasteiger partial charge in [0.25, 0.3) is 0 Å². The lowest BCUT2D eigenvalue weighted by Crippen LogP contribution is -2.49. The number of hydrogen-bond donors (Lipinski definition) is 4. The van der Waals surface area contributed by atoms with Gasteiger partial charge >= 0.3 is 12.1 Å². The van der Waals surface area contributed by atoms with E-state index >= 15 is 4.39 Å². The zero-order chi connectivity index (χ0) is 50.9. The highest BCUT2D eigenvalue weighted by atomic mass is 32.2. The first-order valence-corrected chi connectivity index (χ1v) is 29.5. The molecule has 3 aromatic rings. The first kappa shape index (κ1) is 57.5. The molecule has 68 heavy (non-hydrogen) atoms. The Kier molecular flexibility index (Phi) is 22.2. The number of sulfone groups is 1. The first-order chi connectivity index (χ1) is 31.7. The molecule has 2 aromatic carbocycles. The maximum absolute atomic E-state index is 15.4. The Bertz CT molecular complexity index is 2260. The van der Waals surface area contributed by atoms with Gasteiger partial charge < -0.3 is 40.6 Å². The number of benzene rings is 2. The molecule has 20 heteroatoms.